The predicted molar refractivity (Wildman–Crippen MR) is 51.7 cm³/mol. The predicted octanol–water partition coefficient (Wildman–Crippen LogP) is 0.843. The first-order valence-corrected chi connectivity index (χ1v) is 5.07. The Kier molecular flexibility index (Phi) is 3.56. The maximum Gasteiger partial charge on any atom is 0.240 e. The average molecular weight is 206 g/mol. The molecule has 3 atom stereocenters. The number of aliphatic hydroxyl groups excluding tert-OH is 1. The van der Waals surface area contributed by atoms with Crippen LogP contribution in [-0.2, 0) is 4.79 Å². The van der Waals surface area contributed by atoms with Crippen LogP contribution in [0.5, 0.6) is 0 Å². The molecule has 0 saturated carbocycles. The number of hydrogen-bond acceptors (Lipinski definition) is 2. The normalized spacial score (nSPS) is 31.5. The molecule has 0 unspecified atom stereocenters. The minimum atomic E-state index is -0.456. The van der Waals surface area contributed by atoms with Gasteiger partial charge in [0.2, 0.25) is 5.91 Å². The van der Waals surface area contributed by atoms with Gasteiger partial charge in [-0.25, -0.2) is 0 Å². The largest absolute Gasteiger partial charge is 0.393 e. The number of rotatable bonds is 1. The van der Waals surface area contributed by atoms with Crippen LogP contribution in [0.15, 0.2) is 0 Å². The van der Waals surface area contributed by atoms with Crippen LogP contribution in [0.25, 0.3) is 0 Å². The minimum Gasteiger partial charge on any atom is -0.393 e. The van der Waals surface area contributed by atoms with E-state index in [1.807, 2.05) is 6.92 Å². The lowest BCUT2D eigenvalue weighted by molar-refractivity contribution is -0.134. The van der Waals surface area contributed by atoms with Crippen LogP contribution < -0.4 is 0 Å². The second kappa shape index (κ2) is 4.29. The van der Waals surface area contributed by atoms with Crippen molar-refractivity contribution in [2.24, 2.45) is 5.92 Å². The van der Waals surface area contributed by atoms with E-state index in [4.69, 9.17) is 11.6 Å². The molecular formula is C9H16ClNO2. The third kappa shape index (κ3) is 2.58. The van der Waals surface area contributed by atoms with Gasteiger partial charge in [0.05, 0.1) is 6.10 Å². The van der Waals surface area contributed by atoms with E-state index < -0.39 is 5.38 Å². The maximum atomic E-state index is 11.5. The number of piperidine rings is 1. The molecular weight excluding hydrogens is 190 g/mol. The van der Waals surface area contributed by atoms with Crippen molar-refractivity contribution in [2.45, 2.75) is 31.7 Å². The smallest absolute Gasteiger partial charge is 0.240 e. The Balaban J connectivity index is 2.50. The van der Waals surface area contributed by atoms with Crippen molar-refractivity contribution in [1.82, 2.24) is 4.90 Å². The van der Waals surface area contributed by atoms with E-state index in [0.29, 0.717) is 19.5 Å². The topological polar surface area (TPSA) is 40.5 Å². The quantitative estimate of drug-likeness (QED) is 0.645. The summed E-state index contributed by atoms with van der Waals surface area (Å²) in [5.41, 5.74) is 0. The standard InChI is InChI=1S/C9H16ClNO2/c1-6-5-11(4-3-8(6)12)9(13)7(2)10/h6-8,12H,3-5H2,1-2H3/t6-,7+,8-/m1/s1. The molecule has 1 rings (SSSR count). The zero-order valence-electron chi connectivity index (χ0n) is 8.03. The highest BCUT2D eigenvalue weighted by atomic mass is 35.5. The highest BCUT2D eigenvalue weighted by molar-refractivity contribution is 6.30. The molecule has 0 aliphatic carbocycles. The number of amides is 1. The molecule has 0 aromatic rings. The fraction of sp³-hybridized carbons (Fsp3) is 0.889. The van der Waals surface area contributed by atoms with Crippen LogP contribution in [0.3, 0.4) is 0 Å². The molecule has 1 aliphatic rings. The van der Waals surface area contributed by atoms with Gasteiger partial charge in [-0.05, 0) is 19.3 Å². The van der Waals surface area contributed by atoms with Crippen molar-refractivity contribution >= 4 is 17.5 Å². The lowest BCUT2D eigenvalue weighted by Crippen LogP contribution is -2.47. The maximum absolute atomic E-state index is 11.5. The van der Waals surface area contributed by atoms with E-state index >= 15 is 0 Å². The van der Waals surface area contributed by atoms with Crippen molar-refractivity contribution in [2.75, 3.05) is 13.1 Å². The van der Waals surface area contributed by atoms with E-state index in [0.717, 1.165) is 0 Å². The molecule has 1 N–H and O–H groups in total. The third-order valence-electron chi connectivity index (χ3n) is 2.51. The Labute approximate surface area is 83.7 Å². The van der Waals surface area contributed by atoms with Gasteiger partial charge in [0.1, 0.15) is 5.38 Å². The fourth-order valence-electron chi connectivity index (χ4n) is 1.58. The monoisotopic (exact) mass is 205 g/mol. The molecule has 4 heteroatoms. The van der Waals surface area contributed by atoms with E-state index in [1.165, 1.54) is 0 Å². The molecule has 0 bridgehead atoms. The Morgan fingerprint density at radius 1 is 1.69 bits per heavy atom. The zero-order chi connectivity index (χ0) is 10.0. The zero-order valence-corrected chi connectivity index (χ0v) is 8.79. The lowest BCUT2D eigenvalue weighted by Gasteiger charge is -2.34. The number of nitrogens with zero attached hydrogens (tertiary/aromatic N) is 1. The average Bonchev–Trinajstić information content (AvgIpc) is 2.08. The van der Waals surface area contributed by atoms with Crippen LogP contribution in [0.2, 0.25) is 0 Å². The second-order valence-electron chi connectivity index (χ2n) is 3.73. The molecule has 0 spiro atoms. The molecule has 0 aromatic heterocycles. The van der Waals surface area contributed by atoms with Crippen LogP contribution >= 0.6 is 11.6 Å². The number of alkyl halides is 1. The van der Waals surface area contributed by atoms with E-state index in [2.05, 4.69) is 0 Å². The van der Waals surface area contributed by atoms with Crippen LogP contribution in [0.1, 0.15) is 20.3 Å². The number of carbonyl (C=O) groups is 1. The van der Waals surface area contributed by atoms with Crippen molar-refractivity contribution in [3.8, 4) is 0 Å². The lowest BCUT2D eigenvalue weighted by atomic mass is 9.96. The summed E-state index contributed by atoms with van der Waals surface area (Å²) in [5.74, 6) is 0.133. The highest BCUT2D eigenvalue weighted by Gasteiger charge is 2.28. The molecule has 1 heterocycles. The molecule has 13 heavy (non-hydrogen) atoms. The molecule has 0 aromatic carbocycles. The first kappa shape index (κ1) is 10.8. The summed E-state index contributed by atoms with van der Waals surface area (Å²) >= 11 is 5.69. The van der Waals surface area contributed by atoms with E-state index in [-0.39, 0.29) is 17.9 Å². The second-order valence-corrected chi connectivity index (χ2v) is 4.39. The Morgan fingerprint density at radius 3 is 2.77 bits per heavy atom. The van der Waals surface area contributed by atoms with Gasteiger partial charge < -0.3 is 10.0 Å². The summed E-state index contributed by atoms with van der Waals surface area (Å²) in [7, 11) is 0. The van der Waals surface area contributed by atoms with Crippen LogP contribution in [0, 0.1) is 5.92 Å². The van der Waals surface area contributed by atoms with Crippen molar-refractivity contribution in [1.29, 1.82) is 0 Å². The SMILES string of the molecule is C[C@H](Cl)C(=O)N1CC[C@@H](O)[C@H](C)C1. The summed E-state index contributed by atoms with van der Waals surface area (Å²) in [6.45, 7) is 4.88. The minimum absolute atomic E-state index is 0.0274. The number of likely N-dealkylation sites (tertiary alicyclic amines) is 1. The number of carbonyl (C=O) groups excluding carboxylic acids is 1. The molecule has 1 amide bonds. The Bertz CT molecular complexity index is 196. The number of halogens is 1. The van der Waals surface area contributed by atoms with Gasteiger partial charge >= 0.3 is 0 Å². The van der Waals surface area contributed by atoms with Crippen LogP contribution in [-0.4, -0.2) is 40.5 Å². The first-order valence-electron chi connectivity index (χ1n) is 4.63. The fourth-order valence-corrected chi connectivity index (χ4v) is 1.72. The van der Waals surface area contributed by atoms with Crippen molar-refractivity contribution < 1.29 is 9.90 Å². The van der Waals surface area contributed by atoms with Gasteiger partial charge in [0, 0.05) is 13.1 Å². The molecule has 76 valence electrons. The van der Waals surface area contributed by atoms with Gasteiger partial charge in [-0.3, -0.25) is 4.79 Å². The summed E-state index contributed by atoms with van der Waals surface area (Å²) in [6, 6.07) is 0. The molecule has 1 aliphatic heterocycles. The van der Waals surface area contributed by atoms with Gasteiger partial charge in [0.15, 0.2) is 0 Å². The number of aliphatic hydroxyl groups is 1. The van der Waals surface area contributed by atoms with Gasteiger partial charge in [-0.2, -0.15) is 0 Å². The van der Waals surface area contributed by atoms with Gasteiger partial charge in [-0.1, -0.05) is 6.92 Å². The Morgan fingerprint density at radius 2 is 2.31 bits per heavy atom. The Hall–Kier alpha value is -0.280. The van der Waals surface area contributed by atoms with Gasteiger partial charge in [0.25, 0.3) is 0 Å². The summed E-state index contributed by atoms with van der Waals surface area (Å²) < 4.78 is 0. The first-order chi connectivity index (χ1) is 6.02. The summed E-state index contributed by atoms with van der Waals surface area (Å²) in [5, 5.41) is 8.99. The van der Waals surface area contributed by atoms with Crippen molar-refractivity contribution in [3.05, 3.63) is 0 Å². The van der Waals surface area contributed by atoms with E-state index in [1.54, 1.807) is 11.8 Å². The van der Waals surface area contributed by atoms with Crippen LogP contribution in [0.4, 0.5) is 0 Å². The highest BCUT2D eigenvalue weighted by Crippen LogP contribution is 2.17. The van der Waals surface area contributed by atoms with Gasteiger partial charge in [-0.15, -0.1) is 11.6 Å². The molecule has 1 fully saturated rings. The molecule has 1 saturated heterocycles. The molecule has 0 radical (unpaired) electrons. The number of hydrogen-bond donors (Lipinski definition) is 1. The van der Waals surface area contributed by atoms with E-state index in [9.17, 15) is 9.90 Å². The molecule has 3 nitrogen and oxygen atoms in total. The summed E-state index contributed by atoms with van der Waals surface area (Å²) in [4.78, 5) is 13.2. The third-order valence-corrected chi connectivity index (χ3v) is 2.70. The summed E-state index contributed by atoms with van der Waals surface area (Å²) in [6.07, 6.45) is 0.394. The van der Waals surface area contributed by atoms with Crippen molar-refractivity contribution in [3.63, 3.8) is 0 Å².